The van der Waals surface area contributed by atoms with Crippen LogP contribution in [-0.2, 0) is 33.5 Å². The lowest BCUT2D eigenvalue weighted by molar-refractivity contribution is -0.183. The molecule has 9 aliphatic carbocycles. The van der Waals surface area contributed by atoms with Crippen molar-refractivity contribution in [2.75, 3.05) is 19.8 Å². The number of aliphatic hydroxyl groups is 5. The van der Waals surface area contributed by atoms with Crippen LogP contribution in [0.2, 0.25) is 0 Å². The average molecular weight is 983 g/mol. The summed E-state index contributed by atoms with van der Waals surface area (Å²) in [5.74, 6) is -2.87. The van der Waals surface area contributed by atoms with Gasteiger partial charge in [0.15, 0.2) is 24.0 Å². The van der Waals surface area contributed by atoms with Crippen molar-refractivity contribution in [3.63, 3.8) is 0 Å². The van der Waals surface area contributed by atoms with Crippen LogP contribution in [0.15, 0.2) is 58.7 Å². The van der Waals surface area contributed by atoms with E-state index in [0.29, 0.717) is 56.0 Å². The molecule has 1 amide bonds. The third-order valence-corrected chi connectivity index (χ3v) is 20.9. The summed E-state index contributed by atoms with van der Waals surface area (Å²) in [6.45, 7) is 10.4. The van der Waals surface area contributed by atoms with Crippen LogP contribution < -0.4 is 5.32 Å². The van der Waals surface area contributed by atoms with E-state index >= 15 is 0 Å². The van der Waals surface area contributed by atoms with E-state index in [-0.39, 0.29) is 72.2 Å². The number of carbonyl (C=O) groups is 6. The molecular weight excluding hydrogens is 913 g/mol. The number of aliphatic hydroxyl groups excluding tert-OH is 3. The van der Waals surface area contributed by atoms with Gasteiger partial charge in [0, 0.05) is 46.1 Å². The summed E-state index contributed by atoms with van der Waals surface area (Å²) >= 11 is 14.0. The Morgan fingerprint density at radius 2 is 1.51 bits per heavy atom. The van der Waals surface area contributed by atoms with Crippen molar-refractivity contribution in [1.29, 1.82) is 0 Å². The van der Waals surface area contributed by atoms with E-state index in [2.05, 4.69) is 5.32 Å². The molecule has 13 nitrogen and oxygen atoms in total. The highest BCUT2D eigenvalue weighted by Crippen LogP contribution is 2.72. The van der Waals surface area contributed by atoms with Gasteiger partial charge < -0.3 is 35.6 Å². The van der Waals surface area contributed by atoms with E-state index in [0.717, 1.165) is 24.0 Å². The lowest BCUT2D eigenvalue weighted by atomic mass is 9.45. The number of hydrogen-bond acceptors (Lipinski definition) is 12. The predicted octanol–water partition coefficient (Wildman–Crippen LogP) is 5.56. The van der Waals surface area contributed by atoms with Gasteiger partial charge in [-0.15, -0.1) is 11.6 Å². The lowest BCUT2D eigenvalue weighted by Crippen LogP contribution is -2.69. The molecule has 0 heterocycles. The third-order valence-electron chi connectivity index (χ3n) is 19.7. The zero-order chi connectivity index (χ0) is 49.7. The summed E-state index contributed by atoms with van der Waals surface area (Å²) in [6.07, 6.45) is 16.0. The average Bonchev–Trinajstić information content (AvgIpc) is 3.67. The largest absolute Gasteiger partial charge is 0.457 e. The topological polar surface area (TPSA) is 225 Å². The molecule has 0 unspecified atom stereocenters. The van der Waals surface area contributed by atoms with E-state index in [1.54, 1.807) is 6.08 Å². The van der Waals surface area contributed by atoms with Crippen molar-refractivity contribution >= 4 is 58.2 Å². The highest BCUT2D eigenvalue weighted by atomic mass is 35.5. The van der Waals surface area contributed by atoms with Crippen LogP contribution in [0.25, 0.3) is 0 Å². The Labute approximate surface area is 408 Å². The molecule has 0 aliphatic heterocycles. The SMILES string of the molecule is CC(=O)NCC1CCC(C(=O)OCC(=O)[C@@]2(O)[C@@H](C)C[C@H]3[C@@H]4CCC5=CC(=O)C=C[C@]5(C)[C@@]4(Cl)[C@@H](O)C[C@@]32C)CC1.C[C@]12C=CC(=O)C=C1C(Cl)=C[C@@H]1[C@@H]2[C@@H](O)C[C@@]2(C)[C@H]1CC[C@]2(O)C(=O)CO. The molecule has 9 aliphatic rings. The smallest absolute Gasteiger partial charge is 0.309 e. The second kappa shape index (κ2) is 17.8. The normalized spacial score (nSPS) is 46.4. The maximum absolute atomic E-state index is 13.8. The summed E-state index contributed by atoms with van der Waals surface area (Å²) < 4.78 is 5.52. The quantitative estimate of drug-likeness (QED) is 0.130. The maximum Gasteiger partial charge on any atom is 0.309 e. The van der Waals surface area contributed by atoms with Crippen LogP contribution in [0, 0.1) is 69.0 Å². The summed E-state index contributed by atoms with van der Waals surface area (Å²) in [6, 6.07) is 0. The van der Waals surface area contributed by atoms with Crippen LogP contribution in [0.1, 0.15) is 112 Å². The van der Waals surface area contributed by atoms with E-state index < -0.39 is 86.6 Å². The van der Waals surface area contributed by atoms with Crippen molar-refractivity contribution in [3.8, 4) is 0 Å². The molecule has 9 rings (SSSR count). The van der Waals surface area contributed by atoms with Crippen LogP contribution in [0.4, 0.5) is 0 Å². The van der Waals surface area contributed by atoms with Crippen molar-refractivity contribution in [1.82, 2.24) is 5.32 Å². The van der Waals surface area contributed by atoms with Gasteiger partial charge in [-0.2, -0.15) is 0 Å². The Kier molecular flexibility index (Phi) is 13.3. The van der Waals surface area contributed by atoms with Crippen molar-refractivity contribution in [2.24, 2.45) is 69.0 Å². The van der Waals surface area contributed by atoms with Gasteiger partial charge in [0.05, 0.1) is 23.0 Å². The summed E-state index contributed by atoms with van der Waals surface area (Å²) in [7, 11) is 0. The maximum atomic E-state index is 13.8. The zero-order valence-corrected chi connectivity index (χ0v) is 41.6. The van der Waals surface area contributed by atoms with Gasteiger partial charge in [-0.1, -0.05) is 70.0 Å². The number of carbonyl (C=O) groups excluding carboxylic acids is 6. The minimum atomic E-state index is -1.78. The molecule has 0 aromatic heterocycles. The Bertz CT molecular complexity index is 2320. The van der Waals surface area contributed by atoms with Crippen LogP contribution in [0.3, 0.4) is 0 Å². The Balaban J connectivity index is 0.000000200. The van der Waals surface area contributed by atoms with Crippen molar-refractivity contribution in [3.05, 3.63) is 58.7 Å². The standard InChI is InChI=1S/C32H44ClNO7.C21H25ClO5/c1-18-13-25-24-10-9-22-14-23(36)11-12-29(22,3)31(24,33)26(37)15-30(25,4)32(18,40)27(38)17-41-28(39)21-7-5-20(6-8-21)16-34-19(2)35;1-19-5-3-11(24)7-14(19)15(22)8-12-13-4-6-21(27,17(26)10-23)20(13,2)9-16(25)18(12)19/h11-12,14,18,20-21,24-26,37,40H,5-10,13,15-17H2,1-4H3,(H,34,35);3,5,7-8,12-13,16,18,23,25,27H,4,6,9-10H2,1-2H3/t18-,20?,21?,24-,25-,26-,29-,30-,31-,32-;12-,13-,16-,18+,19-,20-,21-/m00/s1. The summed E-state index contributed by atoms with van der Waals surface area (Å²) in [5, 5.41) is 58.9. The number of ketones is 4. The fraction of sp³-hybridized carbons (Fsp3) is 0.698. The minimum Gasteiger partial charge on any atom is -0.457 e. The molecule has 0 saturated heterocycles. The number of alkyl halides is 1. The van der Waals surface area contributed by atoms with E-state index in [4.69, 9.17) is 27.9 Å². The Morgan fingerprint density at radius 1 is 0.853 bits per heavy atom. The Hall–Kier alpha value is -3.30. The molecule has 0 bridgehead atoms. The molecule has 68 heavy (non-hydrogen) atoms. The number of amides is 1. The third kappa shape index (κ3) is 7.47. The number of halogens is 2. The number of nitrogens with one attached hydrogen (secondary N) is 1. The van der Waals surface area contributed by atoms with Crippen molar-refractivity contribution < 1.29 is 59.0 Å². The first kappa shape index (κ1) is 51.1. The molecule has 15 heteroatoms. The zero-order valence-electron chi connectivity index (χ0n) is 40.1. The highest BCUT2D eigenvalue weighted by Gasteiger charge is 2.75. The number of allylic oxidation sites excluding steroid dienone is 10. The van der Waals surface area contributed by atoms with Crippen LogP contribution in [0.5, 0.6) is 0 Å². The van der Waals surface area contributed by atoms with Gasteiger partial charge in [0.25, 0.3) is 0 Å². The first-order valence-electron chi connectivity index (χ1n) is 24.6. The molecule has 0 radical (unpaired) electrons. The lowest BCUT2D eigenvalue weighted by Gasteiger charge is -2.63. The molecule has 6 N–H and O–H groups in total. The second-order valence-electron chi connectivity index (χ2n) is 22.8. The Morgan fingerprint density at radius 3 is 2.18 bits per heavy atom. The first-order valence-corrected chi connectivity index (χ1v) is 25.4. The summed E-state index contributed by atoms with van der Waals surface area (Å²) in [4.78, 5) is 73.1. The molecule has 0 aromatic rings. The number of hydrogen-bond donors (Lipinski definition) is 6. The minimum absolute atomic E-state index is 0.0513. The number of Topliss-reactive ketones (excluding diaryl/α,β-unsaturated/α-hetero) is 2. The fourth-order valence-corrected chi connectivity index (χ4v) is 16.8. The van der Waals surface area contributed by atoms with E-state index in [9.17, 15) is 54.3 Å². The molecule has 0 aromatic carbocycles. The van der Waals surface area contributed by atoms with E-state index in [1.165, 1.54) is 25.2 Å². The van der Waals surface area contributed by atoms with E-state index in [1.807, 2.05) is 52.8 Å². The van der Waals surface area contributed by atoms with Gasteiger partial charge in [-0.3, -0.25) is 28.8 Å². The molecular formula is C53H69Cl2NO12. The monoisotopic (exact) mass is 981 g/mol. The summed E-state index contributed by atoms with van der Waals surface area (Å²) in [5.41, 5.74) is -4.86. The van der Waals surface area contributed by atoms with Gasteiger partial charge in [0.1, 0.15) is 17.8 Å². The number of rotatable bonds is 8. The van der Waals surface area contributed by atoms with Gasteiger partial charge in [0.2, 0.25) is 11.7 Å². The number of fused-ring (bicyclic) bond motifs is 10. The van der Waals surface area contributed by atoms with Gasteiger partial charge in [-0.25, -0.2) is 0 Å². The van der Waals surface area contributed by atoms with Crippen LogP contribution >= 0.6 is 23.2 Å². The predicted molar refractivity (Wildman–Crippen MR) is 252 cm³/mol. The second-order valence-corrected chi connectivity index (χ2v) is 23.9. The molecule has 15 atom stereocenters. The molecule has 6 fully saturated rings. The van der Waals surface area contributed by atoms with Gasteiger partial charge in [-0.05, 0) is 136 Å². The highest BCUT2D eigenvalue weighted by molar-refractivity contribution is 6.33. The van der Waals surface area contributed by atoms with Gasteiger partial charge >= 0.3 is 5.97 Å². The molecule has 6 saturated carbocycles. The number of ether oxygens (including phenoxy) is 1. The fourth-order valence-electron chi connectivity index (χ4n) is 15.9. The molecule has 0 spiro atoms. The van der Waals surface area contributed by atoms with Crippen LogP contribution in [-0.4, -0.2) is 109 Å². The number of esters is 1. The first-order chi connectivity index (χ1) is 31.8. The molecule has 372 valence electrons. The van der Waals surface area contributed by atoms with Crippen molar-refractivity contribution in [2.45, 2.75) is 140 Å².